The molecular weight excluding hydrogens is 243 g/mol. The van der Waals surface area contributed by atoms with Crippen LogP contribution in [0.25, 0.3) is 0 Å². The van der Waals surface area contributed by atoms with Gasteiger partial charge in [-0.2, -0.15) is 4.39 Å². The second kappa shape index (κ2) is 4.62. The van der Waals surface area contributed by atoms with Gasteiger partial charge in [0, 0.05) is 18.2 Å². The molecule has 1 heterocycles. The molecule has 8 heteroatoms. The van der Waals surface area contributed by atoms with E-state index in [9.17, 15) is 14.5 Å². The summed E-state index contributed by atoms with van der Waals surface area (Å²) in [5.74, 6) is -0.576. The molecule has 0 saturated heterocycles. The molecule has 0 atom stereocenters. The maximum atomic E-state index is 13.3. The van der Waals surface area contributed by atoms with E-state index in [0.29, 0.717) is 0 Å². The van der Waals surface area contributed by atoms with Crippen LogP contribution in [0.5, 0.6) is 11.6 Å². The SMILES string of the molecule is Nc1ccc(Oc2ccc([N+](=O)[O-])c(F)c2)nn1. The lowest BCUT2D eigenvalue weighted by molar-refractivity contribution is -0.387. The Morgan fingerprint density at radius 1 is 1.28 bits per heavy atom. The number of ether oxygens (including phenoxy) is 1. The number of nitrogens with two attached hydrogens (primary N) is 1. The van der Waals surface area contributed by atoms with Crippen molar-refractivity contribution < 1.29 is 14.1 Å². The van der Waals surface area contributed by atoms with Gasteiger partial charge in [0.1, 0.15) is 11.6 Å². The summed E-state index contributed by atoms with van der Waals surface area (Å²) < 4.78 is 18.4. The second-order valence-corrected chi connectivity index (χ2v) is 3.27. The molecule has 0 aliphatic carbocycles. The van der Waals surface area contributed by atoms with Gasteiger partial charge in [-0.25, -0.2) is 0 Å². The summed E-state index contributed by atoms with van der Waals surface area (Å²) in [6, 6.07) is 6.08. The molecule has 0 aliphatic rings. The summed E-state index contributed by atoms with van der Waals surface area (Å²) in [5, 5.41) is 17.6. The van der Waals surface area contributed by atoms with Gasteiger partial charge in [0.05, 0.1) is 4.92 Å². The molecule has 18 heavy (non-hydrogen) atoms. The fourth-order valence-electron chi connectivity index (χ4n) is 1.20. The summed E-state index contributed by atoms with van der Waals surface area (Å²) >= 11 is 0. The summed E-state index contributed by atoms with van der Waals surface area (Å²) in [6.07, 6.45) is 0. The van der Waals surface area contributed by atoms with Gasteiger partial charge in [-0.3, -0.25) is 10.1 Å². The molecule has 1 aromatic carbocycles. The fraction of sp³-hybridized carbons (Fsp3) is 0. The quantitative estimate of drug-likeness (QED) is 0.658. The van der Waals surface area contributed by atoms with Gasteiger partial charge in [-0.05, 0) is 12.1 Å². The fourth-order valence-corrected chi connectivity index (χ4v) is 1.20. The van der Waals surface area contributed by atoms with Crippen molar-refractivity contribution in [1.82, 2.24) is 10.2 Å². The Morgan fingerprint density at radius 2 is 2.06 bits per heavy atom. The monoisotopic (exact) mass is 250 g/mol. The number of hydrogen-bond acceptors (Lipinski definition) is 6. The van der Waals surface area contributed by atoms with Crippen molar-refractivity contribution in [3.8, 4) is 11.6 Å². The molecule has 2 N–H and O–H groups in total. The van der Waals surface area contributed by atoms with E-state index in [-0.39, 0.29) is 17.4 Å². The maximum Gasteiger partial charge on any atom is 0.305 e. The number of halogens is 1. The van der Waals surface area contributed by atoms with Crippen molar-refractivity contribution in [3.63, 3.8) is 0 Å². The van der Waals surface area contributed by atoms with Crippen LogP contribution in [0.4, 0.5) is 15.9 Å². The third-order valence-electron chi connectivity index (χ3n) is 2.00. The molecule has 0 radical (unpaired) electrons. The van der Waals surface area contributed by atoms with Crippen molar-refractivity contribution in [2.75, 3.05) is 5.73 Å². The van der Waals surface area contributed by atoms with E-state index < -0.39 is 16.4 Å². The van der Waals surface area contributed by atoms with Gasteiger partial charge < -0.3 is 10.5 Å². The zero-order valence-electron chi connectivity index (χ0n) is 8.91. The lowest BCUT2D eigenvalue weighted by atomic mass is 10.3. The number of nitro groups is 1. The normalized spacial score (nSPS) is 10.1. The van der Waals surface area contributed by atoms with Gasteiger partial charge in [0.2, 0.25) is 11.7 Å². The number of nitrogens with zero attached hydrogens (tertiary/aromatic N) is 3. The van der Waals surface area contributed by atoms with Crippen LogP contribution < -0.4 is 10.5 Å². The minimum absolute atomic E-state index is 0.0807. The first-order valence-electron chi connectivity index (χ1n) is 4.77. The molecule has 0 amide bonds. The van der Waals surface area contributed by atoms with Crippen LogP contribution in [-0.4, -0.2) is 15.1 Å². The van der Waals surface area contributed by atoms with Crippen molar-refractivity contribution >= 4 is 11.5 Å². The van der Waals surface area contributed by atoms with Crippen molar-refractivity contribution in [3.05, 3.63) is 46.3 Å². The molecule has 0 spiro atoms. The Hall–Kier alpha value is -2.77. The molecule has 0 aliphatic heterocycles. The first-order valence-corrected chi connectivity index (χ1v) is 4.77. The van der Waals surface area contributed by atoms with Crippen LogP contribution in [0.1, 0.15) is 0 Å². The molecule has 1 aromatic heterocycles. The molecule has 92 valence electrons. The molecule has 0 saturated carbocycles. The maximum absolute atomic E-state index is 13.3. The van der Waals surface area contributed by atoms with Gasteiger partial charge in [-0.1, -0.05) is 0 Å². The van der Waals surface area contributed by atoms with Gasteiger partial charge in [0.25, 0.3) is 0 Å². The van der Waals surface area contributed by atoms with Gasteiger partial charge >= 0.3 is 5.69 Å². The average Bonchev–Trinajstić information content (AvgIpc) is 2.32. The van der Waals surface area contributed by atoms with Gasteiger partial charge in [-0.15, -0.1) is 10.2 Å². The van der Waals surface area contributed by atoms with E-state index in [1.165, 1.54) is 18.2 Å². The minimum Gasteiger partial charge on any atom is -0.437 e. The zero-order chi connectivity index (χ0) is 13.1. The van der Waals surface area contributed by atoms with Gasteiger partial charge in [0.15, 0.2) is 0 Å². The third kappa shape index (κ3) is 2.48. The van der Waals surface area contributed by atoms with Crippen molar-refractivity contribution in [2.24, 2.45) is 0 Å². The lowest BCUT2D eigenvalue weighted by Crippen LogP contribution is -1.96. The van der Waals surface area contributed by atoms with E-state index in [2.05, 4.69) is 10.2 Å². The van der Waals surface area contributed by atoms with E-state index in [0.717, 1.165) is 12.1 Å². The number of benzene rings is 1. The smallest absolute Gasteiger partial charge is 0.305 e. The van der Waals surface area contributed by atoms with Crippen molar-refractivity contribution in [2.45, 2.75) is 0 Å². The molecule has 0 unspecified atom stereocenters. The highest BCUT2D eigenvalue weighted by molar-refractivity contribution is 5.39. The van der Waals surface area contributed by atoms with E-state index in [1.807, 2.05) is 0 Å². The Balaban J connectivity index is 2.22. The van der Waals surface area contributed by atoms with Crippen LogP contribution in [0, 0.1) is 15.9 Å². The van der Waals surface area contributed by atoms with Crippen LogP contribution in [-0.2, 0) is 0 Å². The molecule has 0 bridgehead atoms. The van der Waals surface area contributed by atoms with Crippen molar-refractivity contribution in [1.29, 1.82) is 0 Å². The Kier molecular flexibility index (Phi) is 3.00. The first-order chi connectivity index (χ1) is 8.56. The third-order valence-corrected chi connectivity index (χ3v) is 2.00. The number of hydrogen-bond donors (Lipinski definition) is 1. The zero-order valence-corrected chi connectivity index (χ0v) is 8.91. The second-order valence-electron chi connectivity index (χ2n) is 3.27. The number of aromatic nitrogens is 2. The van der Waals surface area contributed by atoms with E-state index in [4.69, 9.17) is 10.5 Å². The number of nitro benzene ring substituents is 1. The van der Waals surface area contributed by atoms with E-state index in [1.54, 1.807) is 0 Å². The topological polar surface area (TPSA) is 104 Å². The average molecular weight is 250 g/mol. The number of anilines is 1. The molecule has 0 fully saturated rings. The van der Waals surface area contributed by atoms with Crippen LogP contribution in [0.15, 0.2) is 30.3 Å². The highest BCUT2D eigenvalue weighted by Crippen LogP contribution is 2.25. The largest absolute Gasteiger partial charge is 0.437 e. The Morgan fingerprint density at radius 3 is 2.61 bits per heavy atom. The molecular formula is C10H7FN4O3. The Labute approximate surface area is 100 Å². The summed E-state index contributed by atoms with van der Waals surface area (Å²) in [6.45, 7) is 0. The summed E-state index contributed by atoms with van der Waals surface area (Å²) in [4.78, 5) is 9.60. The number of rotatable bonds is 3. The summed E-state index contributed by atoms with van der Waals surface area (Å²) in [5.41, 5.74) is 4.71. The van der Waals surface area contributed by atoms with Crippen LogP contribution in [0.2, 0.25) is 0 Å². The Bertz CT molecular complexity index is 588. The van der Waals surface area contributed by atoms with Crippen LogP contribution in [0.3, 0.4) is 0 Å². The lowest BCUT2D eigenvalue weighted by Gasteiger charge is -2.03. The molecule has 2 aromatic rings. The first kappa shape index (κ1) is 11.7. The highest BCUT2D eigenvalue weighted by Gasteiger charge is 2.14. The molecule has 2 rings (SSSR count). The predicted octanol–water partition coefficient (Wildman–Crippen LogP) is 1.90. The minimum atomic E-state index is -0.985. The standard InChI is InChI=1S/C10H7FN4O3/c11-7-5-6(1-2-8(7)15(16)17)18-10-4-3-9(12)13-14-10/h1-5H,(H2,12,13). The highest BCUT2D eigenvalue weighted by atomic mass is 19.1. The molecule has 7 nitrogen and oxygen atoms in total. The predicted molar refractivity (Wildman–Crippen MR) is 59.6 cm³/mol. The summed E-state index contributed by atoms with van der Waals surface area (Å²) in [7, 11) is 0. The van der Waals surface area contributed by atoms with Crippen LogP contribution >= 0.6 is 0 Å². The van der Waals surface area contributed by atoms with E-state index >= 15 is 0 Å². The number of nitrogen functional groups attached to an aromatic ring is 1.